The average molecular weight is 298 g/mol. The highest BCUT2D eigenvalue weighted by molar-refractivity contribution is 7.17. The molecule has 0 aliphatic heterocycles. The molecule has 110 valence electrons. The maximum atomic E-state index is 11.3. The fourth-order valence-electron chi connectivity index (χ4n) is 2.22. The van der Waals surface area contributed by atoms with Gasteiger partial charge in [0.05, 0.1) is 12.7 Å². The molecule has 0 spiro atoms. The Kier molecular flexibility index (Phi) is 5.08. The summed E-state index contributed by atoms with van der Waals surface area (Å²) in [6.45, 7) is 2.45. The number of aromatic nitrogens is 1. The summed E-state index contributed by atoms with van der Waals surface area (Å²) >= 11 is 1.07. The van der Waals surface area contributed by atoms with Crippen LogP contribution in [0.4, 0.5) is 5.13 Å². The van der Waals surface area contributed by atoms with Crippen molar-refractivity contribution in [1.82, 2.24) is 4.98 Å². The summed E-state index contributed by atoms with van der Waals surface area (Å²) in [4.78, 5) is 26.4. The van der Waals surface area contributed by atoms with Gasteiger partial charge in [-0.25, -0.2) is 9.78 Å². The maximum Gasteiger partial charge on any atom is 0.356 e. The Morgan fingerprint density at radius 3 is 2.70 bits per heavy atom. The van der Waals surface area contributed by atoms with Crippen LogP contribution in [0, 0.1) is 0 Å². The zero-order chi connectivity index (χ0) is 14.5. The van der Waals surface area contributed by atoms with E-state index in [0.29, 0.717) is 24.4 Å². The molecule has 1 aromatic rings. The lowest BCUT2D eigenvalue weighted by atomic mass is 10.3. The Labute approximate surface area is 121 Å². The van der Waals surface area contributed by atoms with Crippen LogP contribution < -0.4 is 5.32 Å². The number of Topliss-reactive ketones (excluding diaryl/α,β-unsaturated/α-hetero) is 1. The molecule has 7 heteroatoms. The monoisotopic (exact) mass is 298 g/mol. The Morgan fingerprint density at radius 2 is 2.15 bits per heavy atom. The molecule has 0 saturated heterocycles. The van der Waals surface area contributed by atoms with Gasteiger partial charge in [-0.05, 0) is 12.8 Å². The molecule has 0 amide bonds. The van der Waals surface area contributed by atoms with Crippen molar-refractivity contribution in [1.29, 1.82) is 0 Å². The van der Waals surface area contributed by atoms with Crippen molar-refractivity contribution in [2.24, 2.45) is 0 Å². The van der Waals surface area contributed by atoms with Crippen LogP contribution in [0.1, 0.15) is 52.8 Å². The average Bonchev–Trinajstić information content (AvgIpc) is 3.04. The molecule has 0 radical (unpaired) electrons. The van der Waals surface area contributed by atoms with Gasteiger partial charge in [0.15, 0.2) is 16.6 Å². The zero-order valence-corrected chi connectivity index (χ0v) is 12.2. The molecule has 6 nitrogen and oxygen atoms in total. The molecule has 2 N–H and O–H groups in total. The number of carboxylic acids is 1. The molecule has 1 aromatic heterocycles. The highest BCUT2D eigenvalue weighted by Crippen LogP contribution is 2.24. The Morgan fingerprint density at radius 1 is 1.45 bits per heavy atom. The predicted octanol–water partition coefficient (Wildman–Crippen LogP) is 2.42. The molecule has 2 rings (SSSR count). The van der Waals surface area contributed by atoms with Crippen molar-refractivity contribution in [2.75, 3.05) is 18.5 Å². The number of nitrogens with zero attached hydrogens (tertiary/aromatic N) is 1. The van der Waals surface area contributed by atoms with Gasteiger partial charge in [-0.3, -0.25) is 4.79 Å². The van der Waals surface area contributed by atoms with Gasteiger partial charge in [0.1, 0.15) is 4.88 Å². The lowest BCUT2D eigenvalue weighted by Crippen LogP contribution is -2.15. The fourth-order valence-corrected chi connectivity index (χ4v) is 3.10. The van der Waals surface area contributed by atoms with Crippen molar-refractivity contribution in [2.45, 2.75) is 38.7 Å². The summed E-state index contributed by atoms with van der Waals surface area (Å²) in [5.74, 6) is -1.46. The van der Waals surface area contributed by atoms with Crippen LogP contribution in [0.3, 0.4) is 0 Å². The van der Waals surface area contributed by atoms with E-state index in [1.165, 1.54) is 19.8 Å². The van der Waals surface area contributed by atoms with Crippen LogP contribution in [0.15, 0.2) is 0 Å². The van der Waals surface area contributed by atoms with Gasteiger partial charge in [0.25, 0.3) is 0 Å². The third kappa shape index (κ3) is 3.77. The first kappa shape index (κ1) is 14.9. The first-order chi connectivity index (χ1) is 9.58. The van der Waals surface area contributed by atoms with Crippen LogP contribution in [0.2, 0.25) is 0 Å². The Hall–Kier alpha value is -1.47. The van der Waals surface area contributed by atoms with Crippen LogP contribution in [-0.4, -0.2) is 41.1 Å². The summed E-state index contributed by atoms with van der Waals surface area (Å²) in [6.07, 6.45) is 5.06. The lowest BCUT2D eigenvalue weighted by molar-refractivity contribution is 0.0659. The van der Waals surface area contributed by atoms with Crippen LogP contribution in [0.5, 0.6) is 0 Å². The van der Waals surface area contributed by atoms with E-state index in [4.69, 9.17) is 9.84 Å². The Bertz CT molecular complexity index is 463. The van der Waals surface area contributed by atoms with E-state index in [1.54, 1.807) is 0 Å². The number of hydrogen-bond donors (Lipinski definition) is 2. The van der Waals surface area contributed by atoms with Gasteiger partial charge in [-0.1, -0.05) is 24.2 Å². The van der Waals surface area contributed by atoms with E-state index in [2.05, 4.69) is 10.3 Å². The molecular weight excluding hydrogens is 280 g/mol. The first-order valence-electron chi connectivity index (χ1n) is 6.68. The molecule has 0 unspecified atom stereocenters. The first-order valence-corrected chi connectivity index (χ1v) is 7.50. The van der Waals surface area contributed by atoms with Crippen molar-refractivity contribution in [3.05, 3.63) is 10.6 Å². The molecule has 0 bridgehead atoms. The number of carbonyl (C=O) groups is 2. The fraction of sp³-hybridized carbons (Fsp3) is 0.615. The van der Waals surface area contributed by atoms with Crippen LogP contribution in [0.25, 0.3) is 0 Å². The lowest BCUT2D eigenvalue weighted by Gasteiger charge is -2.10. The highest BCUT2D eigenvalue weighted by Gasteiger charge is 2.20. The van der Waals surface area contributed by atoms with Crippen molar-refractivity contribution in [3.8, 4) is 0 Å². The van der Waals surface area contributed by atoms with Crippen LogP contribution in [-0.2, 0) is 4.74 Å². The van der Waals surface area contributed by atoms with Crippen molar-refractivity contribution in [3.63, 3.8) is 0 Å². The molecule has 20 heavy (non-hydrogen) atoms. The zero-order valence-electron chi connectivity index (χ0n) is 11.3. The van der Waals surface area contributed by atoms with Gasteiger partial charge in [-0.2, -0.15) is 0 Å². The summed E-state index contributed by atoms with van der Waals surface area (Å²) in [5.41, 5.74) is -0.179. The van der Waals surface area contributed by atoms with Gasteiger partial charge < -0.3 is 15.2 Å². The number of nitrogens with one attached hydrogen (secondary N) is 1. The van der Waals surface area contributed by atoms with E-state index in [-0.39, 0.29) is 16.4 Å². The summed E-state index contributed by atoms with van der Waals surface area (Å²) < 4.78 is 5.69. The number of aromatic carboxylic acids is 1. The quantitative estimate of drug-likeness (QED) is 0.593. The van der Waals surface area contributed by atoms with E-state index in [1.807, 2.05) is 0 Å². The number of ether oxygens (including phenoxy) is 1. The number of hydrogen-bond acceptors (Lipinski definition) is 6. The molecule has 1 aliphatic rings. The van der Waals surface area contributed by atoms with E-state index >= 15 is 0 Å². The van der Waals surface area contributed by atoms with Crippen molar-refractivity contribution < 1.29 is 19.4 Å². The SMILES string of the molecule is CC(=O)c1sc(NCCOC2CCCC2)nc1C(=O)O. The Balaban J connectivity index is 1.84. The largest absolute Gasteiger partial charge is 0.476 e. The smallest absolute Gasteiger partial charge is 0.356 e. The van der Waals surface area contributed by atoms with Gasteiger partial charge in [0, 0.05) is 13.5 Å². The topological polar surface area (TPSA) is 88.5 Å². The minimum atomic E-state index is -1.18. The molecule has 1 heterocycles. The minimum Gasteiger partial charge on any atom is -0.476 e. The number of rotatable bonds is 7. The molecule has 1 saturated carbocycles. The second-order valence-corrected chi connectivity index (χ2v) is 5.76. The van der Waals surface area contributed by atoms with E-state index < -0.39 is 5.97 Å². The number of thiazole rings is 1. The van der Waals surface area contributed by atoms with Gasteiger partial charge >= 0.3 is 5.97 Å². The van der Waals surface area contributed by atoms with E-state index in [0.717, 1.165) is 24.2 Å². The third-order valence-corrected chi connectivity index (χ3v) is 4.30. The van der Waals surface area contributed by atoms with Gasteiger partial charge in [-0.15, -0.1) is 0 Å². The molecule has 1 aliphatic carbocycles. The second kappa shape index (κ2) is 6.81. The molecule has 0 aromatic carbocycles. The highest BCUT2D eigenvalue weighted by atomic mass is 32.1. The third-order valence-electron chi connectivity index (χ3n) is 3.18. The van der Waals surface area contributed by atoms with E-state index in [9.17, 15) is 9.59 Å². The normalized spacial score (nSPS) is 15.4. The summed E-state index contributed by atoms with van der Waals surface area (Å²) in [6, 6.07) is 0. The standard InChI is InChI=1S/C13H18N2O4S/c1-8(16)11-10(12(17)18)15-13(20-11)14-6-7-19-9-4-2-3-5-9/h9H,2-7H2,1H3,(H,14,15)(H,17,18). The maximum absolute atomic E-state index is 11.3. The predicted molar refractivity (Wildman–Crippen MR) is 75.8 cm³/mol. The summed E-state index contributed by atoms with van der Waals surface area (Å²) in [5, 5.41) is 12.4. The summed E-state index contributed by atoms with van der Waals surface area (Å²) in [7, 11) is 0. The molecule has 1 fully saturated rings. The number of ketones is 1. The minimum absolute atomic E-state index is 0.178. The number of carboxylic acid groups (broad SMARTS) is 1. The van der Waals surface area contributed by atoms with Gasteiger partial charge in [0.2, 0.25) is 0 Å². The van der Waals surface area contributed by atoms with Crippen molar-refractivity contribution >= 4 is 28.2 Å². The van der Waals surface area contributed by atoms with Crippen LogP contribution >= 0.6 is 11.3 Å². The second-order valence-electron chi connectivity index (χ2n) is 4.76. The molecular formula is C13H18N2O4S. The number of anilines is 1. The molecule has 0 atom stereocenters. The number of carbonyl (C=O) groups excluding carboxylic acids is 1.